The summed E-state index contributed by atoms with van der Waals surface area (Å²) in [6, 6.07) is 7.60. The van der Waals surface area contributed by atoms with Gasteiger partial charge in [0.15, 0.2) is 0 Å². The van der Waals surface area contributed by atoms with Gasteiger partial charge in [0.05, 0.1) is 12.5 Å². The van der Waals surface area contributed by atoms with Crippen LogP contribution in [0.2, 0.25) is 0 Å². The van der Waals surface area contributed by atoms with Gasteiger partial charge in [0, 0.05) is 6.04 Å². The second-order valence-corrected chi connectivity index (χ2v) is 6.37. The van der Waals surface area contributed by atoms with E-state index < -0.39 is 36.6 Å². The van der Waals surface area contributed by atoms with Gasteiger partial charge in [-0.2, -0.15) is 0 Å². The number of fused-ring (bicyclic) bond motifs is 1. The number of hydrogen-bond acceptors (Lipinski definition) is 7. The van der Waals surface area contributed by atoms with Gasteiger partial charge in [0.25, 0.3) is 0 Å². The molecule has 0 radical (unpaired) electrons. The standard InChI is InChI=1S/C18H21NO6.Na/c1-2-9-19(12-8-7-10-5-3-4-6-11(10)12)17-15(22)13(20)14(21)16(25-17)18(23)24;/h1,3-6,12-17,20-22H,7-9H2,(H,23,24);/q;+1/p-1/t12-,13+,14+,15-,16+,17-;/m1./s1. The van der Waals surface area contributed by atoms with Crippen molar-refractivity contribution >= 4 is 5.97 Å². The smallest absolute Gasteiger partial charge is 0.547 e. The number of aliphatic hydroxyl groups excluding tert-OH is 3. The number of ether oxygens (including phenoxy) is 1. The molecule has 0 amide bonds. The van der Waals surface area contributed by atoms with Crippen LogP contribution in [-0.4, -0.2) is 63.4 Å². The SMILES string of the molecule is C#CCN([C@@H]1CCc2ccccc21)[C@@H]1O[C@H](C(=O)[O-])[C@@H](O)[C@H](O)[C@H]1O.[Na+]. The first-order valence-corrected chi connectivity index (χ1v) is 8.13. The molecule has 7 nitrogen and oxygen atoms in total. The van der Waals surface area contributed by atoms with E-state index in [1.165, 1.54) is 0 Å². The van der Waals surface area contributed by atoms with Gasteiger partial charge in [0.1, 0.15) is 30.6 Å². The van der Waals surface area contributed by atoms with E-state index in [0.29, 0.717) is 0 Å². The Morgan fingerprint density at radius 2 is 1.96 bits per heavy atom. The van der Waals surface area contributed by atoms with Gasteiger partial charge in [0.2, 0.25) is 0 Å². The van der Waals surface area contributed by atoms with Crippen LogP contribution >= 0.6 is 0 Å². The van der Waals surface area contributed by atoms with Crippen LogP contribution in [0, 0.1) is 12.3 Å². The van der Waals surface area contributed by atoms with Crippen molar-refractivity contribution < 1.29 is 59.5 Å². The molecule has 0 spiro atoms. The first kappa shape index (κ1) is 21.4. The summed E-state index contributed by atoms with van der Waals surface area (Å²) < 4.78 is 5.39. The summed E-state index contributed by atoms with van der Waals surface area (Å²) in [5, 5.41) is 41.4. The molecule has 3 N–H and O–H groups in total. The second-order valence-electron chi connectivity index (χ2n) is 6.37. The maximum Gasteiger partial charge on any atom is 1.00 e. The molecule has 1 aromatic carbocycles. The molecule has 1 saturated heterocycles. The van der Waals surface area contributed by atoms with Crippen molar-refractivity contribution in [2.24, 2.45) is 0 Å². The fourth-order valence-corrected chi connectivity index (χ4v) is 3.69. The van der Waals surface area contributed by atoms with Crippen molar-refractivity contribution in [3.05, 3.63) is 35.4 Å². The van der Waals surface area contributed by atoms with Gasteiger partial charge in [-0.25, -0.2) is 0 Å². The quantitative estimate of drug-likeness (QED) is 0.360. The fraction of sp³-hybridized carbons (Fsp3) is 0.500. The largest absolute Gasteiger partial charge is 1.00 e. The zero-order valence-corrected chi connectivity index (χ0v) is 16.5. The molecule has 134 valence electrons. The predicted molar refractivity (Wildman–Crippen MR) is 84.7 cm³/mol. The monoisotopic (exact) mass is 369 g/mol. The van der Waals surface area contributed by atoms with Crippen LogP contribution in [0.25, 0.3) is 0 Å². The van der Waals surface area contributed by atoms with Crippen molar-refractivity contribution in [2.45, 2.75) is 49.5 Å². The van der Waals surface area contributed by atoms with E-state index >= 15 is 0 Å². The number of hydrogen-bond donors (Lipinski definition) is 3. The Kier molecular flexibility index (Phi) is 7.25. The summed E-state index contributed by atoms with van der Waals surface area (Å²) in [6.45, 7) is 0.0866. The molecule has 1 aromatic rings. The number of terminal acetylenes is 1. The number of carbonyl (C=O) groups excluding carboxylic acids is 1. The van der Waals surface area contributed by atoms with Gasteiger partial charge in [-0.1, -0.05) is 30.2 Å². The third-order valence-electron chi connectivity index (χ3n) is 4.92. The summed E-state index contributed by atoms with van der Waals surface area (Å²) in [6.07, 6.45) is -0.890. The summed E-state index contributed by atoms with van der Waals surface area (Å²) >= 11 is 0. The van der Waals surface area contributed by atoms with Crippen LogP contribution in [0.3, 0.4) is 0 Å². The van der Waals surface area contributed by atoms with Crippen LogP contribution < -0.4 is 34.7 Å². The topological polar surface area (TPSA) is 113 Å². The number of carboxylic acids is 1. The van der Waals surface area contributed by atoms with Crippen molar-refractivity contribution in [2.75, 3.05) is 6.54 Å². The molecular formula is C18H20NNaO6. The van der Waals surface area contributed by atoms with E-state index in [1.54, 1.807) is 4.90 Å². The van der Waals surface area contributed by atoms with Gasteiger partial charge in [-0.15, -0.1) is 6.42 Å². The fourth-order valence-electron chi connectivity index (χ4n) is 3.69. The molecule has 2 aliphatic rings. The Balaban J connectivity index is 0.00000243. The van der Waals surface area contributed by atoms with E-state index in [9.17, 15) is 25.2 Å². The van der Waals surface area contributed by atoms with Crippen molar-refractivity contribution in [1.29, 1.82) is 0 Å². The normalized spacial score (nSPS) is 33.2. The average Bonchev–Trinajstić information content (AvgIpc) is 3.02. The molecule has 0 saturated carbocycles. The predicted octanol–water partition coefficient (Wildman–Crippen LogP) is -4.83. The number of rotatable bonds is 4. The molecule has 6 atom stereocenters. The molecule has 3 rings (SSSR count). The minimum atomic E-state index is -1.78. The Labute approximate surface area is 173 Å². The molecule has 1 heterocycles. The van der Waals surface area contributed by atoms with Crippen molar-refractivity contribution in [3.63, 3.8) is 0 Å². The maximum atomic E-state index is 11.2. The minimum Gasteiger partial charge on any atom is -0.547 e. The van der Waals surface area contributed by atoms with Gasteiger partial charge >= 0.3 is 29.6 Å². The van der Waals surface area contributed by atoms with Gasteiger partial charge in [-0.05, 0) is 24.0 Å². The Hall–Kier alpha value is -0.950. The van der Waals surface area contributed by atoms with E-state index in [0.717, 1.165) is 24.0 Å². The summed E-state index contributed by atoms with van der Waals surface area (Å²) in [7, 11) is 0. The van der Waals surface area contributed by atoms with Crippen LogP contribution in [0.1, 0.15) is 23.6 Å². The van der Waals surface area contributed by atoms with Crippen LogP contribution in [0.15, 0.2) is 24.3 Å². The second kappa shape index (κ2) is 8.83. The van der Waals surface area contributed by atoms with Gasteiger partial charge in [-0.3, -0.25) is 4.90 Å². The van der Waals surface area contributed by atoms with E-state index in [-0.39, 0.29) is 42.1 Å². The minimum absolute atomic E-state index is 0. The molecule has 0 aromatic heterocycles. The van der Waals surface area contributed by atoms with E-state index in [2.05, 4.69) is 5.92 Å². The molecule has 8 heteroatoms. The number of carbonyl (C=O) groups is 1. The first-order chi connectivity index (χ1) is 12.0. The molecular weight excluding hydrogens is 349 g/mol. The molecule has 1 aliphatic heterocycles. The molecule has 1 fully saturated rings. The number of aliphatic hydroxyl groups is 3. The summed E-state index contributed by atoms with van der Waals surface area (Å²) in [5.74, 6) is 0.835. The molecule has 1 aliphatic carbocycles. The number of aryl methyl sites for hydroxylation is 1. The molecule has 0 unspecified atom stereocenters. The number of nitrogens with zero attached hydrogens (tertiary/aromatic N) is 1. The number of benzene rings is 1. The maximum absolute atomic E-state index is 11.2. The van der Waals surface area contributed by atoms with Crippen LogP contribution in [0.4, 0.5) is 0 Å². The van der Waals surface area contributed by atoms with E-state index in [4.69, 9.17) is 11.2 Å². The Bertz CT molecular complexity index is 693. The molecule has 26 heavy (non-hydrogen) atoms. The number of aliphatic carboxylic acids is 1. The Morgan fingerprint density at radius 1 is 1.27 bits per heavy atom. The molecule has 0 bridgehead atoms. The summed E-state index contributed by atoms with van der Waals surface area (Å²) in [4.78, 5) is 12.9. The van der Waals surface area contributed by atoms with Crippen LogP contribution in [-0.2, 0) is 16.0 Å². The average molecular weight is 369 g/mol. The van der Waals surface area contributed by atoms with Crippen molar-refractivity contribution in [3.8, 4) is 12.3 Å². The third kappa shape index (κ3) is 3.84. The van der Waals surface area contributed by atoms with Gasteiger partial charge < -0.3 is 30.0 Å². The van der Waals surface area contributed by atoms with Crippen molar-refractivity contribution in [1.82, 2.24) is 4.90 Å². The Morgan fingerprint density at radius 3 is 2.62 bits per heavy atom. The van der Waals surface area contributed by atoms with Crippen LogP contribution in [0.5, 0.6) is 0 Å². The zero-order chi connectivity index (χ0) is 18.1. The van der Waals surface area contributed by atoms with E-state index in [1.807, 2.05) is 24.3 Å². The first-order valence-electron chi connectivity index (χ1n) is 8.13. The zero-order valence-electron chi connectivity index (χ0n) is 14.5. The third-order valence-corrected chi connectivity index (χ3v) is 4.92. The number of carboxylic acid groups (broad SMARTS) is 1. The summed E-state index contributed by atoms with van der Waals surface area (Å²) in [5.41, 5.74) is 2.18.